The van der Waals surface area contributed by atoms with E-state index in [1.807, 2.05) is 0 Å². The predicted molar refractivity (Wildman–Crippen MR) is 116 cm³/mol. The highest BCUT2D eigenvalue weighted by Gasteiger charge is 2.56. The van der Waals surface area contributed by atoms with Crippen molar-refractivity contribution in [2.75, 3.05) is 0 Å². The van der Waals surface area contributed by atoms with Crippen molar-refractivity contribution in [3.8, 4) is 5.75 Å². The molecule has 11 heteroatoms. The summed E-state index contributed by atoms with van der Waals surface area (Å²) >= 11 is 0. The van der Waals surface area contributed by atoms with Gasteiger partial charge in [-0.1, -0.05) is 37.8 Å². The lowest BCUT2D eigenvalue weighted by molar-refractivity contribution is -0.285. The van der Waals surface area contributed by atoms with Gasteiger partial charge in [-0.25, -0.2) is 13.2 Å². The summed E-state index contributed by atoms with van der Waals surface area (Å²) in [7, 11) is 0. The molecule has 0 N–H and O–H groups in total. The molecule has 1 aliphatic rings. The van der Waals surface area contributed by atoms with Gasteiger partial charge < -0.3 is 4.74 Å². The fourth-order valence-electron chi connectivity index (χ4n) is 4.55. The average Bonchev–Trinajstić information content (AvgIpc) is 2.81. The molecule has 0 atom stereocenters. The van der Waals surface area contributed by atoms with Crippen molar-refractivity contribution < 1.29 is 48.6 Å². The van der Waals surface area contributed by atoms with Gasteiger partial charge in [0.15, 0.2) is 23.2 Å². The predicted octanol–water partition coefficient (Wildman–Crippen LogP) is 9.26. The van der Waals surface area contributed by atoms with Crippen molar-refractivity contribution in [3.63, 3.8) is 0 Å². The van der Waals surface area contributed by atoms with Crippen LogP contribution in [-0.4, -0.2) is 12.1 Å². The molecule has 0 radical (unpaired) electrons. The Morgan fingerprint density at radius 1 is 0.784 bits per heavy atom. The number of alkyl halides is 7. The first-order valence-electron chi connectivity index (χ1n) is 11.9. The number of hydrogen-bond donors (Lipinski definition) is 0. The summed E-state index contributed by atoms with van der Waals surface area (Å²) in [6.07, 6.45) is -8.04. The van der Waals surface area contributed by atoms with E-state index in [0.29, 0.717) is 50.2 Å². The van der Waals surface area contributed by atoms with Crippen molar-refractivity contribution in [3.05, 3.63) is 64.5 Å². The molecule has 0 aromatic heterocycles. The van der Waals surface area contributed by atoms with Crippen molar-refractivity contribution >= 4 is 0 Å². The Balaban J connectivity index is 1.51. The van der Waals surface area contributed by atoms with Gasteiger partial charge in [-0.05, 0) is 67.3 Å². The number of rotatable bonds is 9. The Hall–Kier alpha value is -2.46. The Bertz CT molecular complexity index is 1070. The zero-order valence-electron chi connectivity index (χ0n) is 19.9. The molecule has 37 heavy (non-hydrogen) atoms. The van der Waals surface area contributed by atoms with E-state index in [1.165, 1.54) is 13.0 Å². The number of halogens is 10. The molecular weight excluding hydrogens is 518 g/mol. The molecular formula is C26H26F10O. The lowest BCUT2D eigenvalue weighted by Crippen LogP contribution is -2.36. The SMILES string of the molecule is Cc1ccc(C(F)(F)Oc2ccc(CCC3CCC(CCC(F)(F)C(F)(F)F)CC3)cc2F)c(F)c1F. The minimum Gasteiger partial charge on any atom is -0.426 e. The van der Waals surface area contributed by atoms with Crippen molar-refractivity contribution in [2.24, 2.45) is 11.8 Å². The summed E-state index contributed by atoms with van der Waals surface area (Å²) in [5, 5.41) is 0. The maximum absolute atomic E-state index is 14.5. The normalized spacial score (nSPS) is 19.2. The quantitative estimate of drug-likeness (QED) is 0.286. The molecule has 1 nitrogen and oxygen atoms in total. The zero-order valence-corrected chi connectivity index (χ0v) is 19.9. The summed E-state index contributed by atoms with van der Waals surface area (Å²) in [5.41, 5.74) is -1.06. The number of hydrogen-bond acceptors (Lipinski definition) is 1. The van der Waals surface area contributed by atoms with Gasteiger partial charge in [0.05, 0.1) is 0 Å². The van der Waals surface area contributed by atoms with E-state index in [0.717, 1.165) is 18.2 Å². The monoisotopic (exact) mass is 544 g/mol. The largest absolute Gasteiger partial charge is 0.453 e. The van der Waals surface area contributed by atoms with Crippen LogP contribution >= 0.6 is 0 Å². The standard InChI is InChI=1S/C26H26F10O/c1-15-2-10-19(23(29)22(15)28)25(32,33)37-21-11-9-18(14-20(21)27)8-7-16-3-5-17(6-4-16)12-13-24(30,31)26(34,35)36/h2,9-11,14,16-17H,3-8,12-13H2,1H3. The van der Waals surface area contributed by atoms with Gasteiger partial charge in [-0.3, -0.25) is 0 Å². The Kier molecular flexibility index (Phi) is 8.74. The van der Waals surface area contributed by atoms with E-state index in [9.17, 15) is 43.9 Å². The number of ether oxygens (including phenoxy) is 1. The summed E-state index contributed by atoms with van der Waals surface area (Å²) < 4.78 is 138. The van der Waals surface area contributed by atoms with Gasteiger partial charge in [-0.15, -0.1) is 0 Å². The first kappa shape index (κ1) is 29.1. The third kappa shape index (κ3) is 7.10. The smallest absolute Gasteiger partial charge is 0.426 e. The third-order valence-electron chi connectivity index (χ3n) is 6.91. The van der Waals surface area contributed by atoms with E-state index in [-0.39, 0.29) is 23.8 Å². The molecule has 2 aromatic rings. The highest BCUT2D eigenvalue weighted by Crippen LogP contribution is 2.42. The van der Waals surface area contributed by atoms with Gasteiger partial charge in [0.2, 0.25) is 0 Å². The molecule has 0 heterocycles. The molecule has 0 bridgehead atoms. The molecule has 0 aliphatic heterocycles. The van der Waals surface area contributed by atoms with Crippen LogP contribution in [0.4, 0.5) is 43.9 Å². The van der Waals surface area contributed by atoms with Gasteiger partial charge >= 0.3 is 18.2 Å². The highest BCUT2D eigenvalue weighted by molar-refractivity contribution is 5.32. The van der Waals surface area contributed by atoms with E-state index < -0.39 is 53.4 Å². The molecule has 0 spiro atoms. The minimum atomic E-state index is -5.55. The van der Waals surface area contributed by atoms with Crippen LogP contribution in [-0.2, 0) is 12.5 Å². The molecule has 1 saturated carbocycles. The Morgan fingerprint density at radius 2 is 1.38 bits per heavy atom. The second-order valence-corrected chi connectivity index (χ2v) is 9.61. The number of aryl methyl sites for hydroxylation is 2. The lowest BCUT2D eigenvalue weighted by Gasteiger charge is -2.30. The average molecular weight is 544 g/mol. The van der Waals surface area contributed by atoms with Crippen LogP contribution in [0.5, 0.6) is 5.75 Å². The van der Waals surface area contributed by atoms with Crippen molar-refractivity contribution in [1.82, 2.24) is 0 Å². The first-order chi connectivity index (χ1) is 17.1. The lowest BCUT2D eigenvalue weighted by atomic mass is 9.77. The fourth-order valence-corrected chi connectivity index (χ4v) is 4.55. The summed E-state index contributed by atoms with van der Waals surface area (Å²) in [5.74, 6) is -9.94. The van der Waals surface area contributed by atoms with Crippen LogP contribution in [0, 0.1) is 36.2 Å². The van der Waals surface area contributed by atoms with Crippen LogP contribution in [0.25, 0.3) is 0 Å². The minimum absolute atomic E-state index is 0.169. The van der Waals surface area contributed by atoms with E-state index in [1.54, 1.807) is 0 Å². The van der Waals surface area contributed by atoms with Crippen LogP contribution in [0.15, 0.2) is 30.3 Å². The molecule has 0 unspecified atom stereocenters. The van der Waals surface area contributed by atoms with E-state index in [2.05, 4.69) is 4.74 Å². The Labute approximate surface area is 207 Å². The Morgan fingerprint density at radius 3 is 1.95 bits per heavy atom. The van der Waals surface area contributed by atoms with Gasteiger partial charge in [-0.2, -0.15) is 30.7 Å². The van der Waals surface area contributed by atoms with Crippen LogP contribution in [0.1, 0.15) is 61.6 Å². The van der Waals surface area contributed by atoms with Crippen molar-refractivity contribution in [2.45, 2.75) is 76.5 Å². The maximum Gasteiger partial charge on any atom is 0.453 e. The van der Waals surface area contributed by atoms with Crippen LogP contribution in [0.2, 0.25) is 0 Å². The fraction of sp³-hybridized carbons (Fsp3) is 0.538. The third-order valence-corrected chi connectivity index (χ3v) is 6.91. The van der Waals surface area contributed by atoms with Crippen molar-refractivity contribution in [1.29, 1.82) is 0 Å². The highest BCUT2D eigenvalue weighted by atomic mass is 19.4. The van der Waals surface area contributed by atoms with E-state index >= 15 is 0 Å². The molecule has 1 fully saturated rings. The van der Waals surface area contributed by atoms with Gasteiger partial charge in [0.1, 0.15) is 5.56 Å². The molecule has 3 rings (SSSR count). The first-order valence-corrected chi connectivity index (χ1v) is 11.9. The summed E-state index contributed by atoms with van der Waals surface area (Å²) in [4.78, 5) is 0. The van der Waals surface area contributed by atoms with Gasteiger partial charge in [0.25, 0.3) is 0 Å². The second kappa shape index (κ2) is 11.1. The molecule has 0 saturated heterocycles. The topological polar surface area (TPSA) is 9.23 Å². The molecule has 2 aromatic carbocycles. The zero-order chi connectivity index (χ0) is 27.6. The maximum atomic E-state index is 14.5. The molecule has 0 amide bonds. The summed E-state index contributed by atoms with van der Waals surface area (Å²) in [6.45, 7) is 1.20. The van der Waals surface area contributed by atoms with E-state index in [4.69, 9.17) is 0 Å². The second-order valence-electron chi connectivity index (χ2n) is 9.61. The van der Waals surface area contributed by atoms with Gasteiger partial charge in [0, 0.05) is 6.42 Å². The molecule has 206 valence electrons. The summed E-state index contributed by atoms with van der Waals surface area (Å²) in [6, 6.07) is 4.96. The number of benzene rings is 2. The van der Waals surface area contributed by atoms with Crippen LogP contribution in [0.3, 0.4) is 0 Å². The molecule has 1 aliphatic carbocycles. The van der Waals surface area contributed by atoms with Crippen LogP contribution < -0.4 is 4.74 Å².